The van der Waals surface area contributed by atoms with Crippen LogP contribution >= 0.6 is 39.0 Å². The van der Waals surface area contributed by atoms with Gasteiger partial charge in [0.05, 0.1) is 5.03 Å². The summed E-state index contributed by atoms with van der Waals surface area (Å²) in [5, 5.41) is 3.09. The average molecular weight is 366 g/mol. The molecule has 5 heteroatoms. The van der Waals surface area contributed by atoms with Crippen molar-refractivity contribution in [2.24, 2.45) is 0 Å². The molecule has 2 heterocycles. The zero-order valence-corrected chi connectivity index (χ0v) is 13.8. The molecule has 0 N–H and O–H groups in total. The van der Waals surface area contributed by atoms with Crippen molar-refractivity contribution in [1.29, 1.82) is 0 Å². The lowest BCUT2D eigenvalue weighted by atomic mass is 10.2. The number of hydrogen-bond donors (Lipinski definition) is 0. The van der Waals surface area contributed by atoms with Gasteiger partial charge in [0.2, 0.25) is 0 Å². The highest BCUT2D eigenvalue weighted by molar-refractivity contribution is 9.10. The number of hydrogen-bond acceptors (Lipinski definition) is 3. The topological polar surface area (TPSA) is 20.3 Å². The molecule has 1 fully saturated rings. The first kappa shape index (κ1) is 13.9. The van der Waals surface area contributed by atoms with Crippen molar-refractivity contribution in [3.05, 3.63) is 61.7 Å². The lowest BCUT2D eigenvalue weighted by Gasteiger charge is -2.17. The van der Waals surface area contributed by atoms with E-state index < -0.39 is 0 Å². The Morgan fingerprint density at radius 2 is 2.05 bits per heavy atom. The Hall–Kier alpha value is -1.04. The summed E-state index contributed by atoms with van der Waals surface area (Å²) < 4.78 is 0.985. The Labute approximate surface area is 134 Å². The van der Waals surface area contributed by atoms with Gasteiger partial charge in [-0.15, -0.1) is 23.1 Å². The molecule has 0 radical (unpaired) electrons. The van der Waals surface area contributed by atoms with Crippen LogP contribution in [0.25, 0.3) is 6.08 Å². The van der Waals surface area contributed by atoms with Crippen molar-refractivity contribution < 1.29 is 4.79 Å². The lowest BCUT2D eigenvalue weighted by molar-refractivity contribution is 0.0831. The van der Waals surface area contributed by atoms with Crippen molar-refractivity contribution >= 4 is 51.0 Å². The normalized spacial score (nSPS) is 16.9. The van der Waals surface area contributed by atoms with Crippen LogP contribution < -0.4 is 0 Å². The highest BCUT2D eigenvalue weighted by atomic mass is 79.9. The third-order valence-corrected chi connectivity index (χ3v) is 5.34. The molecular formula is C15H12BrNOS2. The minimum Gasteiger partial charge on any atom is -0.302 e. The predicted molar refractivity (Wildman–Crippen MR) is 89.9 cm³/mol. The third kappa shape index (κ3) is 3.00. The Kier molecular flexibility index (Phi) is 4.29. The van der Waals surface area contributed by atoms with Crippen LogP contribution in [-0.2, 0) is 0 Å². The fourth-order valence-corrected chi connectivity index (χ4v) is 4.01. The fraction of sp³-hybridized carbons (Fsp3) is 0.133. The molecule has 0 atom stereocenters. The van der Waals surface area contributed by atoms with Gasteiger partial charge < -0.3 is 4.90 Å². The number of thioether (sulfide) groups is 1. The largest absolute Gasteiger partial charge is 0.302 e. The molecule has 1 aliphatic rings. The Balaban J connectivity index is 1.85. The molecule has 1 amide bonds. The average Bonchev–Trinajstić information content (AvgIpc) is 3.11. The van der Waals surface area contributed by atoms with Gasteiger partial charge >= 0.3 is 0 Å². The van der Waals surface area contributed by atoms with E-state index in [0.29, 0.717) is 0 Å². The van der Waals surface area contributed by atoms with Crippen LogP contribution in [-0.4, -0.2) is 23.1 Å². The number of amides is 1. The van der Waals surface area contributed by atoms with Crippen molar-refractivity contribution in [2.75, 3.05) is 12.3 Å². The second-order valence-corrected chi connectivity index (χ2v) is 7.32. The summed E-state index contributed by atoms with van der Waals surface area (Å²) in [7, 11) is 0. The quantitative estimate of drug-likeness (QED) is 0.768. The van der Waals surface area contributed by atoms with E-state index in [1.165, 1.54) is 4.88 Å². The second kappa shape index (κ2) is 6.16. The lowest BCUT2D eigenvalue weighted by Crippen LogP contribution is -2.26. The van der Waals surface area contributed by atoms with E-state index in [9.17, 15) is 4.79 Å². The summed E-state index contributed by atoms with van der Waals surface area (Å²) in [5.74, 6) is 1.03. The molecule has 2 nitrogen and oxygen atoms in total. The van der Waals surface area contributed by atoms with Crippen molar-refractivity contribution in [1.82, 2.24) is 4.90 Å². The molecule has 2 aromatic rings. The van der Waals surface area contributed by atoms with Gasteiger partial charge in [-0.2, -0.15) is 0 Å². The minimum absolute atomic E-state index is 0.0744. The number of benzene rings is 1. The van der Waals surface area contributed by atoms with Crippen LogP contribution in [0.4, 0.5) is 0 Å². The van der Waals surface area contributed by atoms with E-state index >= 15 is 0 Å². The van der Waals surface area contributed by atoms with Gasteiger partial charge in [-0.25, -0.2) is 0 Å². The maximum absolute atomic E-state index is 12.6. The van der Waals surface area contributed by atoms with Crippen LogP contribution in [0.2, 0.25) is 0 Å². The van der Waals surface area contributed by atoms with Crippen LogP contribution in [0.5, 0.6) is 0 Å². The highest BCUT2D eigenvalue weighted by Crippen LogP contribution is 2.32. The van der Waals surface area contributed by atoms with E-state index in [1.54, 1.807) is 23.1 Å². The number of halogens is 1. The molecule has 0 bridgehead atoms. The monoisotopic (exact) mass is 365 g/mol. The number of carbonyl (C=O) groups excluding carboxylic acids is 1. The zero-order valence-electron chi connectivity index (χ0n) is 10.6. The predicted octanol–water partition coefficient (Wildman–Crippen LogP) is 4.70. The summed E-state index contributed by atoms with van der Waals surface area (Å²) in [5.41, 5.74) is 0.729. The van der Waals surface area contributed by atoms with Gasteiger partial charge in [0.1, 0.15) is 0 Å². The zero-order chi connectivity index (χ0) is 13.9. The SMILES string of the molecule is O=C(c1ccc(Br)cc1)N1CCS/C1=C/c1cccs1. The first-order valence-electron chi connectivity index (χ1n) is 6.19. The van der Waals surface area contributed by atoms with Gasteiger partial charge in [-0.05, 0) is 41.8 Å². The van der Waals surface area contributed by atoms with E-state index in [1.807, 2.05) is 40.6 Å². The number of thiophene rings is 1. The Morgan fingerprint density at radius 1 is 1.25 bits per heavy atom. The third-order valence-electron chi connectivity index (χ3n) is 2.98. The van der Waals surface area contributed by atoms with Crippen LogP contribution in [0.15, 0.2) is 51.3 Å². The van der Waals surface area contributed by atoms with Crippen molar-refractivity contribution in [2.45, 2.75) is 0 Å². The molecule has 1 aromatic carbocycles. The fourth-order valence-electron chi connectivity index (χ4n) is 1.99. The first-order valence-corrected chi connectivity index (χ1v) is 8.85. The summed E-state index contributed by atoms with van der Waals surface area (Å²) in [6.07, 6.45) is 2.10. The number of carbonyl (C=O) groups is 1. The number of nitrogens with zero attached hydrogens (tertiary/aromatic N) is 1. The molecule has 3 rings (SSSR count). The highest BCUT2D eigenvalue weighted by Gasteiger charge is 2.25. The minimum atomic E-state index is 0.0744. The van der Waals surface area contributed by atoms with E-state index in [0.717, 1.165) is 27.4 Å². The molecule has 0 aliphatic carbocycles. The van der Waals surface area contributed by atoms with Crippen LogP contribution in [0, 0.1) is 0 Å². The molecule has 1 saturated heterocycles. The molecule has 1 aromatic heterocycles. The molecule has 0 unspecified atom stereocenters. The molecule has 20 heavy (non-hydrogen) atoms. The Bertz CT molecular complexity index is 634. The van der Waals surface area contributed by atoms with Crippen LogP contribution in [0.1, 0.15) is 15.2 Å². The summed E-state index contributed by atoms with van der Waals surface area (Å²) in [6.45, 7) is 0.775. The summed E-state index contributed by atoms with van der Waals surface area (Å²) >= 11 is 6.82. The number of rotatable bonds is 2. The summed E-state index contributed by atoms with van der Waals surface area (Å²) in [6, 6.07) is 11.6. The molecule has 102 valence electrons. The van der Waals surface area contributed by atoms with Crippen LogP contribution in [0.3, 0.4) is 0 Å². The standard InChI is InChI=1S/C15H12BrNOS2/c16-12-5-3-11(4-6-12)15(18)17-7-9-20-14(17)10-13-2-1-8-19-13/h1-6,8,10H,7,9H2/b14-10+. The van der Waals surface area contributed by atoms with Crippen molar-refractivity contribution in [3.63, 3.8) is 0 Å². The van der Waals surface area contributed by atoms with Gasteiger partial charge in [0, 0.05) is 27.2 Å². The molecule has 1 aliphatic heterocycles. The first-order chi connectivity index (χ1) is 9.74. The van der Waals surface area contributed by atoms with Crippen molar-refractivity contribution in [3.8, 4) is 0 Å². The molecule has 0 spiro atoms. The smallest absolute Gasteiger partial charge is 0.258 e. The van der Waals surface area contributed by atoms with E-state index in [-0.39, 0.29) is 5.91 Å². The molecular weight excluding hydrogens is 354 g/mol. The molecule has 0 saturated carbocycles. The second-order valence-electron chi connectivity index (χ2n) is 4.31. The summed E-state index contributed by atoms with van der Waals surface area (Å²) in [4.78, 5) is 15.6. The van der Waals surface area contributed by atoms with E-state index in [2.05, 4.69) is 28.1 Å². The Morgan fingerprint density at radius 3 is 2.75 bits per heavy atom. The van der Waals surface area contributed by atoms with Gasteiger partial charge in [0.15, 0.2) is 0 Å². The maximum Gasteiger partial charge on any atom is 0.258 e. The van der Waals surface area contributed by atoms with Gasteiger partial charge in [0.25, 0.3) is 5.91 Å². The van der Waals surface area contributed by atoms with Gasteiger partial charge in [-0.3, -0.25) is 4.79 Å². The maximum atomic E-state index is 12.6. The van der Waals surface area contributed by atoms with E-state index in [4.69, 9.17) is 0 Å². The van der Waals surface area contributed by atoms with Gasteiger partial charge in [-0.1, -0.05) is 22.0 Å².